The van der Waals surface area contributed by atoms with Gasteiger partial charge < -0.3 is 5.32 Å². The smallest absolute Gasteiger partial charge is 0.0253 e. The zero-order valence-corrected chi connectivity index (χ0v) is 12.9. The van der Waals surface area contributed by atoms with Crippen molar-refractivity contribution < 1.29 is 0 Å². The van der Waals surface area contributed by atoms with Crippen molar-refractivity contribution in [3.05, 3.63) is 0 Å². The van der Waals surface area contributed by atoms with E-state index in [-0.39, 0.29) is 5.54 Å². The van der Waals surface area contributed by atoms with Crippen LogP contribution < -0.4 is 5.32 Å². The van der Waals surface area contributed by atoms with E-state index in [0.717, 1.165) is 19.0 Å². The fourth-order valence-electron chi connectivity index (χ4n) is 2.93. The predicted octanol–water partition coefficient (Wildman–Crippen LogP) is 3.27. The van der Waals surface area contributed by atoms with Crippen LogP contribution in [0.1, 0.15) is 61.3 Å². The first-order chi connectivity index (χ1) is 7.75. The lowest BCUT2D eigenvalue weighted by Gasteiger charge is -2.54. The van der Waals surface area contributed by atoms with Crippen molar-refractivity contribution in [3.8, 4) is 0 Å². The highest BCUT2D eigenvalue weighted by atomic mass is 15.3. The highest BCUT2D eigenvalue weighted by Crippen LogP contribution is 2.32. The van der Waals surface area contributed by atoms with Crippen molar-refractivity contribution in [1.82, 2.24) is 10.2 Å². The Balaban J connectivity index is 2.95. The molecule has 17 heavy (non-hydrogen) atoms. The third-order valence-electron chi connectivity index (χ3n) is 4.74. The van der Waals surface area contributed by atoms with E-state index in [4.69, 9.17) is 0 Å². The van der Waals surface area contributed by atoms with Crippen molar-refractivity contribution in [2.75, 3.05) is 13.1 Å². The van der Waals surface area contributed by atoms with Crippen LogP contribution in [0.5, 0.6) is 0 Å². The molecular formula is C15H32N2. The number of nitrogens with zero attached hydrogens (tertiary/aromatic N) is 1. The largest absolute Gasteiger partial charge is 0.309 e. The van der Waals surface area contributed by atoms with E-state index in [0.29, 0.717) is 11.6 Å². The topological polar surface area (TPSA) is 15.3 Å². The molecule has 1 aliphatic heterocycles. The van der Waals surface area contributed by atoms with Crippen LogP contribution in [0.15, 0.2) is 0 Å². The molecule has 0 aromatic heterocycles. The molecule has 1 N–H and O–H groups in total. The van der Waals surface area contributed by atoms with E-state index in [1.165, 1.54) is 12.8 Å². The van der Waals surface area contributed by atoms with Crippen LogP contribution in [0, 0.1) is 5.92 Å². The second kappa shape index (κ2) is 5.27. The van der Waals surface area contributed by atoms with Crippen LogP contribution >= 0.6 is 0 Å². The number of nitrogens with one attached hydrogen (secondary N) is 1. The van der Waals surface area contributed by atoms with Gasteiger partial charge in [-0.2, -0.15) is 0 Å². The molecule has 1 rings (SSSR count). The van der Waals surface area contributed by atoms with Gasteiger partial charge in [-0.1, -0.05) is 27.7 Å². The van der Waals surface area contributed by atoms with E-state index in [1.54, 1.807) is 0 Å². The molecule has 0 spiro atoms. The number of piperazine rings is 1. The van der Waals surface area contributed by atoms with Gasteiger partial charge in [0.2, 0.25) is 0 Å². The normalized spacial score (nSPS) is 26.5. The Labute approximate surface area is 108 Å². The third kappa shape index (κ3) is 3.23. The molecular weight excluding hydrogens is 208 g/mol. The summed E-state index contributed by atoms with van der Waals surface area (Å²) in [6.07, 6.45) is 2.48. The van der Waals surface area contributed by atoms with Crippen LogP contribution in [0.25, 0.3) is 0 Å². The molecule has 1 heterocycles. The minimum Gasteiger partial charge on any atom is -0.309 e. The molecule has 0 aromatic carbocycles. The van der Waals surface area contributed by atoms with E-state index >= 15 is 0 Å². The molecule has 1 unspecified atom stereocenters. The van der Waals surface area contributed by atoms with Crippen LogP contribution in [0.2, 0.25) is 0 Å². The number of hydrogen-bond donors (Lipinski definition) is 1. The van der Waals surface area contributed by atoms with Crippen LogP contribution in [0.3, 0.4) is 0 Å². The summed E-state index contributed by atoms with van der Waals surface area (Å²) in [5, 5.41) is 3.70. The van der Waals surface area contributed by atoms with Crippen molar-refractivity contribution >= 4 is 0 Å². The Morgan fingerprint density at radius 2 is 1.82 bits per heavy atom. The predicted molar refractivity (Wildman–Crippen MR) is 76.4 cm³/mol. The minimum atomic E-state index is 0.247. The van der Waals surface area contributed by atoms with Gasteiger partial charge in [0.15, 0.2) is 0 Å². The lowest BCUT2D eigenvalue weighted by molar-refractivity contribution is -0.0218. The van der Waals surface area contributed by atoms with E-state index in [2.05, 4.69) is 58.7 Å². The molecule has 102 valence electrons. The zero-order chi connectivity index (χ0) is 13.3. The Kier molecular flexibility index (Phi) is 4.65. The van der Waals surface area contributed by atoms with Crippen molar-refractivity contribution in [1.29, 1.82) is 0 Å². The summed E-state index contributed by atoms with van der Waals surface area (Å²) in [7, 11) is 0. The monoisotopic (exact) mass is 240 g/mol. The Bertz CT molecular complexity index is 241. The third-order valence-corrected chi connectivity index (χ3v) is 4.74. The first-order valence-electron chi connectivity index (χ1n) is 7.27. The highest BCUT2D eigenvalue weighted by molar-refractivity contribution is 4.99. The minimum absolute atomic E-state index is 0.247. The van der Waals surface area contributed by atoms with Gasteiger partial charge in [0.05, 0.1) is 0 Å². The molecule has 2 nitrogen and oxygen atoms in total. The van der Waals surface area contributed by atoms with Gasteiger partial charge in [-0.15, -0.1) is 0 Å². The average molecular weight is 240 g/mol. The van der Waals surface area contributed by atoms with Crippen LogP contribution in [0.4, 0.5) is 0 Å². The van der Waals surface area contributed by atoms with Crippen molar-refractivity contribution in [3.63, 3.8) is 0 Å². The van der Waals surface area contributed by atoms with Crippen LogP contribution in [-0.2, 0) is 0 Å². The Morgan fingerprint density at radius 3 is 2.24 bits per heavy atom. The summed E-state index contributed by atoms with van der Waals surface area (Å²) in [4.78, 5) is 2.77. The summed E-state index contributed by atoms with van der Waals surface area (Å²) in [6.45, 7) is 18.7. The maximum Gasteiger partial charge on any atom is 0.0253 e. The standard InChI is InChI=1S/C15H32N2/c1-8-15(7,9-2)17-11-14(5,6)16-10-13(17)12(3)4/h12-13,16H,8-11H2,1-7H3. The molecule has 0 radical (unpaired) electrons. The molecule has 0 amide bonds. The second-order valence-corrected chi connectivity index (χ2v) is 6.91. The molecule has 1 fully saturated rings. The zero-order valence-electron chi connectivity index (χ0n) is 12.9. The highest BCUT2D eigenvalue weighted by Gasteiger charge is 2.41. The van der Waals surface area contributed by atoms with E-state index in [9.17, 15) is 0 Å². The summed E-state index contributed by atoms with van der Waals surface area (Å²) < 4.78 is 0. The first kappa shape index (κ1) is 15.0. The Hall–Kier alpha value is -0.0800. The van der Waals surface area contributed by atoms with Gasteiger partial charge in [0.25, 0.3) is 0 Å². The Morgan fingerprint density at radius 1 is 1.29 bits per heavy atom. The van der Waals surface area contributed by atoms with Crippen molar-refractivity contribution in [2.45, 2.75) is 78.4 Å². The second-order valence-electron chi connectivity index (χ2n) is 6.91. The van der Waals surface area contributed by atoms with Gasteiger partial charge in [-0.25, -0.2) is 0 Å². The molecule has 0 aliphatic carbocycles. The van der Waals surface area contributed by atoms with Crippen LogP contribution in [-0.4, -0.2) is 35.1 Å². The first-order valence-corrected chi connectivity index (χ1v) is 7.27. The van der Waals surface area contributed by atoms with Gasteiger partial charge >= 0.3 is 0 Å². The summed E-state index contributed by atoms with van der Waals surface area (Å²) in [5.74, 6) is 0.719. The lowest BCUT2D eigenvalue weighted by Crippen LogP contribution is -2.68. The quantitative estimate of drug-likeness (QED) is 0.811. The maximum atomic E-state index is 3.70. The fraction of sp³-hybridized carbons (Fsp3) is 1.00. The number of rotatable bonds is 4. The molecule has 1 saturated heterocycles. The number of hydrogen-bond acceptors (Lipinski definition) is 2. The summed E-state index contributed by atoms with van der Waals surface area (Å²) in [5.41, 5.74) is 0.602. The summed E-state index contributed by atoms with van der Waals surface area (Å²) in [6, 6.07) is 0.674. The molecule has 0 saturated carbocycles. The summed E-state index contributed by atoms with van der Waals surface area (Å²) >= 11 is 0. The average Bonchev–Trinajstić information content (AvgIpc) is 2.26. The van der Waals surface area contributed by atoms with E-state index in [1.807, 2.05) is 0 Å². The maximum absolute atomic E-state index is 3.70. The fourth-order valence-corrected chi connectivity index (χ4v) is 2.93. The SMILES string of the molecule is CCC(C)(CC)N1CC(C)(C)NCC1C(C)C. The molecule has 0 aromatic rings. The lowest BCUT2D eigenvalue weighted by atomic mass is 9.84. The van der Waals surface area contributed by atoms with Gasteiger partial charge in [-0.3, -0.25) is 4.90 Å². The molecule has 0 bridgehead atoms. The van der Waals surface area contributed by atoms with Crippen molar-refractivity contribution in [2.24, 2.45) is 5.92 Å². The van der Waals surface area contributed by atoms with E-state index < -0.39 is 0 Å². The van der Waals surface area contributed by atoms with Gasteiger partial charge in [-0.05, 0) is 39.5 Å². The molecule has 1 aliphatic rings. The van der Waals surface area contributed by atoms with Gasteiger partial charge in [0.1, 0.15) is 0 Å². The molecule has 1 atom stereocenters. The van der Waals surface area contributed by atoms with Gasteiger partial charge in [0, 0.05) is 30.2 Å². The molecule has 2 heteroatoms.